The third-order valence-corrected chi connectivity index (χ3v) is 8.19. The van der Waals surface area contributed by atoms with Crippen molar-refractivity contribution in [1.29, 1.82) is 0 Å². The van der Waals surface area contributed by atoms with Crippen molar-refractivity contribution in [3.63, 3.8) is 0 Å². The smallest absolute Gasteiger partial charge is 0.222 e. The van der Waals surface area contributed by atoms with E-state index in [1.54, 1.807) is 23.3 Å². The van der Waals surface area contributed by atoms with Crippen LogP contribution in [0, 0.1) is 6.57 Å². The van der Waals surface area contributed by atoms with E-state index in [1.807, 2.05) is 30.3 Å². The fraction of sp³-hybridized carbons (Fsp3) is 0.240. The summed E-state index contributed by atoms with van der Waals surface area (Å²) in [5.74, 6) is 0.753. The highest BCUT2D eigenvalue weighted by Gasteiger charge is 2.26. The Bertz CT molecular complexity index is 1440. The van der Waals surface area contributed by atoms with Gasteiger partial charge in [-0.05, 0) is 61.2 Å². The Labute approximate surface area is 221 Å². The molecular weight excluding hydrogens is 516 g/mol. The molecule has 1 amide bonds. The van der Waals surface area contributed by atoms with Gasteiger partial charge in [-0.3, -0.25) is 4.79 Å². The molecule has 0 saturated carbocycles. The maximum atomic E-state index is 11.5. The summed E-state index contributed by atoms with van der Waals surface area (Å²) in [5, 5.41) is 8.10. The van der Waals surface area contributed by atoms with Crippen LogP contribution in [0.5, 0.6) is 0 Å². The average molecular weight is 537 g/mol. The quantitative estimate of drug-likeness (QED) is 0.265. The van der Waals surface area contributed by atoms with Gasteiger partial charge in [-0.25, -0.2) is 19.5 Å². The number of amides is 1. The number of aromatic nitrogens is 4. The fourth-order valence-corrected chi connectivity index (χ4v) is 6.28. The molecule has 1 saturated heterocycles. The first-order valence-electron chi connectivity index (χ1n) is 11.3. The minimum absolute atomic E-state index is 0.132. The Balaban J connectivity index is 1.61. The molecule has 1 aliphatic heterocycles. The number of rotatable bonds is 6. The summed E-state index contributed by atoms with van der Waals surface area (Å²) < 4.78 is 7.64. The van der Waals surface area contributed by atoms with Crippen molar-refractivity contribution in [3.05, 3.63) is 65.4 Å². The first-order chi connectivity index (χ1) is 17.5. The number of ether oxygens (including phenoxy) is 1. The molecule has 11 heteroatoms. The molecule has 0 spiro atoms. The van der Waals surface area contributed by atoms with Crippen LogP contribution in [-0.4, -0.2) is 32.3 Å². The lowest BCUT2D eigenvalue weighted by atomic mass is 10.2. The zero-order valence-corrected chi connectivity index (χ0v) is 21.7. The standard InChI is InChI=1S/C25H21ClN6O2S2/c1-15(33)30-19-13-16(10-11-28-19)22-21(27-2)23(35-18-8-6-17(26)7-9-18)24(36-22)25-29-14-32(31-25)20-5-3-4-12-34-20/h6-11,13-14,20H,3-5,12H2,1H3,(H,28,30,33). The first-order valence-corrected chi connectivity index (χ1v) is 13.3. The zero-order valence-electron chi connectivity index (χ0n) is 19.3. The third-order valence-electron chi connectivity index (χ3n) is 5.47. The Hall–Kier alpha value is -3.23. The monoisotopic (exact) mass is 536 g/mol. The third kappa shape index (κ3) is 5.29. The number of halogens is 1. The second kappa shape index (κ2) is 10.8. The summed E-state index contributed by atoms with van der Waals surface area (Å²) in [6, 6.07) is 11.1. The van der Waals surface area contributed by atoms with E-state index in [2.05, 4.69) is 20.1 Å². The summed E-state index contributed by atoms with van der Waals surface area (Å²) in [6.45, 7) is 10.2. The highest BCUT2D eigenvalue weighted by atomic mass is 35.5. The molecule has 4 aromatic rings. The number of benzene rings is 1. The fourth-order valence-electron chi connectivity index (χ4n) is 3.84. The van der Waals surface area contributed by atoms with E-state index in [-0.39, 0.29) is 12.1 Å². The van der Waals surface area contributed by atoms with Crippen molar-refractivity contribution < 1.29 is 9.53 Å². The van der Waals surface area contributed by atoms with Gasteiger partial charge in [0.1, 0.15) is 12.1 Å². The van der Waals surface area contributed by atoms with Gasteiger partial charge in [0.2, 0.25) is 11.6 Å². The average Bonchev–Trinajstić information content (AvgIpc) is 3.51. The molecule has 0 aliphatic carbocycles. The van der Waals surface area contributed by atoms with E-state index in [1.165, 1.54) is 30.0 Å². The van der Waals surface area contributed by atoms with Crippen LogP contribution < -0.4 is 5.32 Å². The van der Waals surface area contributed by atoms with Gasteiger partial charge in [0, 0.05) is 39.4 Å². The van der Waals surface area contributed by atoms with Crippen molar-refractivity contribution >= 4 is 52.1 Å². The molecule has 0 bridgehead atoms. The number of hydrogen-bond donors (Lipinski definition) is 1. The van der Waals surface area contributed by atoms with Crippen LogP contribution in [0.15, 0.2) is 58.7 Å². The van der Waals surface area contributed by atoms with E-state index in [9.17, 15) is 4.79 Å². The van der Waals surface area contributed by atoms with Gasteiger partial charge in [0.25, 0.3) is 0 Å². The molecule has 4 heterocycles. The van der Waals surface area contributed by atoms with Gasteiger partial charge in [0.15, 0.2) is 12.1 Å². The first kappa shape index (κ1) is 24.5. The molecule has 1 aromatic carbocycles. The lowest BCUT2D eigenvalue weighted by Crippen LogP contribution is -2.18. The number of hydrogen-bond acceptors (Lipinski definition) is 7. The summed E-state index contributed by atoms with van der Waals surface area (Å²) in [5.41, 5.74) is 1.28. The maximum Gasteiger partial charge on any atom is 0.222 e. The Morgan fingerprint density at radius 1 is 1.25 bits per heavy atom. The SMILES string of the molecule is [C-]#[N+]c1c(-c2ccnc(NC(C)=O)c2)sc(-c2ncn(C3CCCCO3)n2)c1Sc1ccc(Cl)cc1. The van der Waals surface area contributed by atoms with Gasteiger partial charge in [0.05, 0.1) is 11.4 Å². The lowest BCUT2D eigenvalue weighted by Gasteiger charge is -2.21. The van der Waals surface area contributed by atoms with Crippen molar-refractivity contribution in [3.8, 4) is 21.1 Å². The van der Waals surface area contributed by atoms with Crippen molar-refractivity contribution in [2.45, 2.75) is 42.2 Å². The van der Waals surface area contributed by atoms with Gasteiger partial charge in [-0.2, -0.15) is 0 Å². The topological polar surface area (TPSA) is 86.3 Å². The van der Waals surface area contributed by atoms with E-state index in [0.29, 0.717) is 29.0 Å². The molecule has 182 valence electrons. The lowest BCUT2D eigenvalue weighted by molar-refractivity contribution is -0.114. The number of anilines is 1. The maximum absolute atomic E-state index is 11.5. The van der Waals surface area contributed by atoms with Gasteiger partial charge < -0.3 is 10.1 Å². The van der Waals surface area contributed by atoms with Crippen molar-refractivity contribution in [2.24, 2.45) is 0 Å². The number of thiophene rings is 1. The number of nitrogens with zero attached hydrogens (tertiary/aromatic N) is 5. The molecule has 1 aliphatic rings. The van der Waals surface area contributed by atoms with Gasteiger partial charge >= 0.3 is 0 Å². The second-order valence-electron chi connectivity index (χ2n) is 8.09. The zero-order chi connectivity index (χ0) is 25.1. The Kier molecular flexibility index (Phi) is 7.34. The van der Waals surface area contributed by atoms with Crippen LogP contribution in [0.1, 0.15) is 32.4 Å². The molecule has 1 atom stereocenters. The molecule has 1 N–H and O–H groups in total. The van der Waals surface area contributed by atoms with Crippen LogP contribution in [0.4, 0.5) is 11.5 Å². The largest absolute Gasteiger partial charge is 0.356 e. The van der Waals surface area contributed by atoms with Crippen LogP contribution in [0.3, 0.4) is 0 Å². The summed E-state index contributed by atoms with van der Waals surface area (Å²) >= 11 is 9.01. The molecule has 1 unspecified atom stereocenters. The highest BCUT2D eigenvalue weighted by molar-refractivity contribution is 7.99. The highest BCUT2D eigenvalue weighted by Crippen LogP contribution is 2.53. The molecule has 3 aromatic heterocycles. The van der Waals surface area contributed by atoms with Crippen LogP contribution in [0.25, 0.3) is 26.0 Å². The number of carbonyl (C=O) groups is 1. The van der Waals surface area contributed by atoms with Crippen LogP contribution in [-0.2, 0) is 9.53 Å². The Morgan fingerprint density at radius 3 is 2.81 bits per heavy atom. The molecule has 8 nitrogen and oxygen atoms in total. The Morgan fingerprint density at radius 2 is 2.08 bits per heavy atom. The van der Waals surface area contributed by atoms with E-state index < -0.39 is 0 Å². The second-order valence-corrected chi connectivity index (χ2v) is 10.6. The normalized spacial score (nSPS) is 15.4. The van der Waals surface area contributed by atoms with Crippen LogP contribution in [0.2, 0.25) is 5.02 Å². The van der Waals surface area contributed by atoms with Gasteiger partial charge in [-0.1, -0.05) is 11.6 Å². The summed E-state index contributed by atoms with van der Waals surface area (Å²) in [7, 11) is 0. The van der Waals surface area contributed by atoms with E-state index >= 15 is 0 Å². The van der Waals surface area contributed by atoms with Crippen molar-refractivity contribution in [2.75, 3.05) is 11.9 Å². The number of nitrogens with one attached hydrogen (secondary N) is 1. The minimum Gasteiger partial charge on any atom is -0.356 e. The number of pyridine rings is 1. The molecule has 0 radical (unpaired) electrons. The van der Waals surface area contributed by atoms with E-state index in [0.717, 1.165) is 44.4 Å². The van der Waals surface area contributed by atoms with E-state index in [4.69, 9.17) is 28.0 Å². The predicted octanol–water partition coefficient (Wildman–Crippen LogP) is 7.08. The molecular formula is C25H21ClN6O2S2. The molecule has 1 fully saturated rings. The summed E-state index contributed by atoms with van der Waals surface area (Å²) in [4.78, 5) is 27.5. The van der Waals surface area contributed by atoms with Gasteiger partial charge in [-0.15, -0.1) is 28.2 Å². The summed E-state index contributed by atoms with van der Waals surface area (Å²) in [6.07, 6.45) is 6.21. The minimum atomic E-state index is -0.212. The predicted molar refractivity (Wildman–Crippen MR) is 142 cm³/mol. The van der Waals surface area contributed by atoms with Crippen molar-refractivity contribution in [1.82, 2.24) is 19.7 Å². The molecule has 5 rings (SSSR count). The van der Waals surface area contributed by atoms with Crippen LogP contribution >= 0.6 is 34.7 Å². The molecule has 36 heavy (non-hydrogen) atoms. The number of carbonyl (C=O) groups excluding carboxylic acids is 1.